The number of hydrogen-bond acceptors (Lipinski definition) is 4. The molecule has 0 radical (unpaired) electrons. The van der Waals surface area contributed by atoms with Crippen molar-refractivity contribution in [3.8, 4) is 5.75 Å². The number of carbonyl (C=O) groups excluding carboxylic acids is 1. The molecule has 3 aromatic carbocycles. The highest BCUT2D eigenvalue weighted by molar-refractivity contribution is 6.14. The molecule has 3 aromatic rings. The number of benzene rings is 3. The van der Waals surface area contributed by atoms with Gasteiger partial charge in [-0.2, -0.15) is 0 Å². The van der Waals surface area contributed by atoms with Crippen LogP contribution in [0.1, 0.15) is 27.0 Å². The van der Waals surface area contributed by atoms with Gasteiger partial charge in [-0.05, 0) is 47.5 Å². The van der Waals surface area contributed by atoms with E-state index in [-0.39, 0.29) is 18.3 Å². The molecule has 4 rings (SSSR count). The van der Waals surface area contributed by atoms with Gasteiger partial charge in [0.1, 0.15) is 5.75 Å². The number of hydrogen-bond donors (Lipinski definition) is 1. The highest BCUT2D eigenvalue weighted by atomic mass is 35.5. The summed E-state index contributed by atoms with van der Waals surface area (Å²) in [6.45, 7) is 2.11. The number of fused-ring (bicyclic) bond motifs is 1. The van der Waals surface area contributed by atoms with Gasteiger partial charge < -0.3 is 15.0 Å². The molecule has 0 fully saturated rings. The SMILES string of the molecule is COc1cccc(CNC(=O)c2ccc(C=CC3=NCCN(C)c4ccccc43)cc2)c1.Cl. The number of allylic oxidation sites excluding steroid dienone is 1. The Bertz CT molecular complexity index is 1160. The van der Waals surface area contributed by atoms with Gasteiger partial charge in [0.2, 0.25) is 0 Å². The molecule has 1 heterocycles. The lowest BCUT2D eigenvalue weighted by atomic mass is 10.0. The molecule has 170 valence electrons. The van der Waals surface area contributed by atoms with Crippen molar-refractivity contribution in [3.63, 3.8) is 0 Å². The molecule has 0 aromatic heterocycles. The van der Waals surface area contributed by atoms with Crippen LogP contribution in [0.3, 0.4) is 0 Å². The number of halogens is 1. The van der Waals surface area contributed by atoms with E-state index in [9.17, 15) is 4.79 Å². The molecule has 0 unspecified atom stereocenters. The summed E-state index contributed by atoms with van der Waals surface area (Å²) in [6.07, 6.45) is 4.09. The Morgan fingerprint density at radius 1 is 1.06 bits per heavy atom. The Morgan fingerprint density at radius 2 is 1.85 bits per heavy atom. The topological polar surface area (TPSA) is 53.9 Å². The van der Waals surface area contributed by atoms with Gasteiger partial charge in [0.05, 0.1) is 19.4 Å². The molecule has 0 atom stereocenters. The van der Waals surface area contributed by atoms with E-state index in [1.807, 2.05) is 60.7 Å². The van der Waals surface area contributed by atoms with Crippen LogP contribution >= 0.6 is 12.4 Å². The maximum Gasteiger partial charge on any atom is 0.251 e. The van der Waals surface area contributed by atoms with Gasteiger partial charge >= 0.3 is 0 Å². The van der Waals surface area contributed by atoms with Gasteiger partial charge in [0.25, 0.3) is 5.91 Å². The second-order valence-corrected chi connectivity index (χ2v) is 7.70. The van der Waals surface area contributed by atoms with Crippen LogP contribution in [-0.4, -0.2) is 38.9 Å². The maximum atomic E-state index is 12.5. The predicted octanol–water partition coefficient (Wildman–Crippen LogP) is 5.00. The smallest absolute Gasteiger partial charge is 0.251 e. The van der Waals surface area contributed by atoms with Crippen molar-refractivity contribution >= 4 is 35.8 Å². The van der Waals surface area contributed by atoms with E-state index in [0.717, 1.165) is 41.2 Å². The van der Waals surface area contributed by atoms with Gasteiger partial charge in [0.15, 0.2) is 0 Å². The monoisotopic (exact) mass is 461 g/mol. The third-order valence-electron chi connectivity index (χ3n) is 5.50. The number of rotatable bonds is 6. The van der Waals surface area contributed by atoms with E-state index < -0.39 is 0 Å². The summed E-state index contributed by atoms with van der Waals surface area (Å²) in [6, 6.07) is 23.6. The molecule has 33 heavy (non-hydrogen) atoms. The van der Waals surface area contributed by atoms with Gasteiger partial charge in [-0.3, -0.25) is 9.79 Å². The van der Waals surface area contributed by atoms with Crippen LogP contribution in [0, 0.1) is 0 Å². The molecule has 1 aliphatic heterocycles. The Hall–Kier alpha value is -3.57. The molecule has 1 aliphatic rings. The van der Waals surface area contributed by atoms with Crippen LogP contribution in [0.15, 0.2) is 83.9 Å². The summed E-state index contributed by atoms with van der Waals surface area (Å²) in [5.74, 6) is 0.675. The van der Waals surface area contributed by atoms with Gasteiger partial charge in [-0.25, -0.2) is 0 Å². The van der Waals surface area contributed by atoms with Crippen LogP contribution in [0.5, 0.6) is 5.75 Å². The van der Waals surface area contributed by atoms with Crippen LogP contribution in [0.2, 0.25) is 0 Å². The van der Waals surface area contributed by atoms with Crippen molar-refractivity contribution in [2.45, 2.75) is 6.54 Å². The average Bonchev–Trinajstić information content (AvgIpc) is 3.00. The summed E-state index contributed by atoms with van der Waals surface area (Å²) >= 11 is 0. The van der Waals surface area contributed by atoms with E-state index in [2.05, 4.69) is 41.5 Å². The first-order valence-corrected chi connectivity index (χ1v) is 10.7. The van der Waals surface area contributed by atoms with Crippen LogP contribution in [0.4, 0.5) is 5.69 Å². The number of nitrogens with one attached hydrogen (secondary N) is 1. The Kier molecular flexibility index (Phi) is 8.28. The van der Waals surface area contributed by atoms with E-state index in [4.69, 9.17) is 9.73 Å². The van der Waals surface area contributed by atoms with Crippen molar-refractivity contribution < 1.29 is 9.53 Å². The fraction of sp³-hybridized carbons (Fsp3) is 0.185. The first-order valence-electron chi connectivity index (χ1n) is 10.7. The molecule has 5 nitrogen and oxygen atoms in total. The van der Waals surface area contributed by atoms with Gasteiger partial charge in [-0.15, -0.1) is 12.4 Å². The fourth-order valence-corrected chi connectivity index (χ4v) is 3.68. The summed E-state index contributed by atoms with van der Waals surface area (Å²) in [5.41, 5.74) is 5.95. The van der Waals surface area contributed by atoms with Crippen molar-refractivity contribution in [1.29, 1.82) is 0 Å². The quantitative estimate of drug-likeness (QED) is 0.562. The minimum Gasteiger partial charge on any atom is -0.497 e. The number of amides is 1. The summed E-state index contributed by atoms with van der Waals surface area (Å²) in [7, 11) is 3.73. The lowest BCUT2D eigenvalue weighted by Crippen LogP contribution is -2.22. The second-order valence-electron chi connectivity index (χ2n) is 7.70. The van der Waals surface area contributed by atoms with Crippen molar-refractivity contribution in [1.82, 2.24) is 5.32 Å². The lowest BCUT2D eigenvalue weighted by Gasteiger charge is -2.18. The number of carbonyl (C=O) groups is 1. The zero-order chi connectivity index (χ0) is 22.3. The van der Waals surface area contributed by atoms with Gasteiger partial charge in [-0.1, -0.05) is 48.5 Å². The number of methoxy groups -OCH3 is 1. The Balaban J connectivity index is 0.00000306. The summed E-state index contributed by atoms with van der Waals surface area (Å²) in [4.78, 5) is 19.5. The third kappa shape index (κ3) is 6.02. The Morgan fingerprint density at radius 3 is 2.64 bits per heavy atom. The zero-order valence-corrected chi connectivity index (χ0v) is 19.6. The standard InChI is InChI=1S/C27H27N3O2.ClH/c1-30-17-16-28-25(24-8-3-4-9-26(24)30)15-12-20-10-13-22(14-11-20)27(31)29-19-21-6-5-7-23(18-21)32-2;/h3-15,18H,16-17,19H2,1-2H3,(H,29,31);1H. The normalized spacial score (nSPS) is 12.9. The molecular formula is C27H28ClN3O2. The molecular weight excluding hydrogens is 434 g/mol. The summed E-state index contributed by atoms with van der Waals surface area (Å²) < 4.78 is 5.23. The maximum absolute atomic E-state index is 12.5. The van der Waals surface area contributed by atoms with E-state index in [0.29, 0.717) is 12.1 Å². The molecule has 0 spiro atoms. The minimum atomic E-state index is -0.103. The van der Waals surface area contributed by atoms with E-state index in [1.54, 1.807) is 7.11 Å². The molecule has 0 bridgehead atoms. The highest BCUT2D eigenvalue weighted by Gasteiger charge is 2.13. The fourth-order valence-electron chi connectivity index (χ4n) is 3.68. The number of ether oxygens (including phenoxy) is 1. The largest absolute Gasteiger partial charge is 0.497 e. The lowest BCUT2D eigenvalue weighted by molar-refractivity contribution is 0.0951. The van der Waals surface area contributed by atoms with Crippen molar-refractivity contribution in [2.75, 3.05) is 32.1 Å². The number of benzodiazepines with no additional fused rings is 1. The zero-order valence-electron chi connectivity index (χ0n) is 18.8. The van der Waals surface area contributed by atoms with Gasteiger partial charge in [0, 0.05) is 37.0 Å². The first kappa shape index (κ1) is 24.1. The molecule has 6 heteroatoms. The van der Waals surface area contributed by atoms with Crippen LogP contribution in [-0.2, 0) is 6.54 Å². The molecule has 0 saturated heterocycles. The number of para-hydroxylation sites is 1. The molecule has 0 saturated carbocycles. The van der Waals surface area contributed by atoms with E-state index >= 15 is 0 Å². The third-order valence-corrected chi connectivity index (χ3v) is 5.50. The minimum absolute atomic E-state index is 0. The number of anilines is 1. The first-order chi connectivity index (χ1) is 15.6. The van der Waals surface area contributed by atoms with Crippen LogP contribution in [0.25, 0.3) is 6.08 Å². The molecule has 1 N–H and O–H groups in total. The number of nitrogens with zero attached hydrogens (tertiary/aromatic N) is 2. The highest BCUT2D eigenvalue weighted by Crippen LogP contribution is 2.23. The predicted molar refractivity (Wildman–Crippen MR) is 138 cm³/mol. The Labute approximate surface area is 201 Å². The van der Waals surface area contributed by atoms with Crippen molar-refractivity contribution in [3.05, 3.63) is 101 Å². The summed E-state index contributed by atoms with van der Waals surface area (Å²) in [5, 5.41) is 2.96. The van der Waals surface area contributed by atoms with Crippen LogP contribution < -0.4 is 15.0 Å². The van der Waals surface area contributed by atoms with Crippen molar-refractivity contribution in [2.24, 2.45) is 4.99 Å². The number of aliphatic imine (C=N–C) groups is 1. The number of likely N-dealkylation sites (N-methyl/N-ethyl adjacent to an activating group) is 1. The second kappa shape index (κ2) is 11.3. The van der Waals surface area contributed by atoms with E-state index in [1.165, 1.54) is 5.69 Å². The molecule has 0 aliphatic carbocycles. The molecule has 1 amide bonds. The average molecular weight is 462 g/mol.